The highest BCUT2D eigenvalue weighted by Gasteiger charge is 2.39. The van der Waals surface area contributed by atoms with Gasteiger partial charge in [-0.2, -0.15) is 17.5 Å². The topological polar surface area (TPSA) is 70.8 Å². The van der Waals surface area contributed by atoms with Crippen molar-refractivity contribution in [1.29, 1.82) is 0 Å². The number of aryl methyl sites for hydroxylation is 1. The first kappa shape index (κ1) is 19.4. The molecule has 0 aliphatic carbocycles. The first-order valence-electron chi connectivity index (χ1n) is 8.13. The van der Waals surface area contributed by atoms with Gasteiger partial charge in [-0.25, -0.2) is 8.42 Å². The largest absolute Gasteiger partial charge is 0.456 e. The molecular formula is C17H17F3N2O4S. The molecule has 146 valence electrons. The van der Waals surface area contributed by atoms with Crippen molar-refractivity contribution in [2.24, 2.45) is 0 Å². The summed E-state index contributed by atoms with van der Waals surface area (Å²) < 4.78 is 71.1. The van der Waals surface area contributed by atoms with Gasteiger partial charge in [0.2, 0.25) is 10.0 Å². The highest BCUT2D eigenvalue weighted by Crippen LogP contribution is 2.35. The number of carbonyl (C=O) groups is 1. The predicted molar refractivity (Wildman–Crippen MR) is 89.6 cm³/mol. The summed E-state index contributed by atoms with van der Waals surface area (Å²) in [7, 11) is -4.33. The fraction of sp³-hybridized carbons (Fsp3) is 0.353. The smallest absolute Gasteiger partial charge is 0.417 e. The van der Waals surface area contributed by atoms with Crippen molar-refractivity contribution in [2.45, 2.75) is 18.0 Å². The van der Waals surface area contributed by atoms with Crippen LogP contribution < -0.4 is 0 Å². The average Bonchev–Trinajstić information content (AvgIpc) is 3.07. The molecule has 1 aromatic heterocycles. The summed E-state index contributed by atoms with van der Waals surface area (Å²) in [5.41, 5.74) is -1.20. The molecule has 2 aromatic rings. The predicted octanol–water partition coefficient (Wildman–Crippen LogP) is 2.75. The Hall–Kier alpha value is -2.33. The number of halogens is 3. The number of amides is 1. The van der Waals surface area contributed by atoms with Crippen LogP contribution in [0.4, 0.5) is 13.2 Å². The number of carbonyl (C=O) groups excluding carboxylic acids is 1. The molecular weight excluding hydrogens is 385 g/mol. The summed E-state index contributed by atoms with van der Waals surface area (Å²) >= 11 is 0. The zero-order chi connectivity index (χ0) is 19.8. The van der Waals surface area contributed by atoms with Crippen LogP contribution in [0.15, 0.2) is 45.7 Å². The van der Waals surface area contributed by atoms with E-state index in [1.807, 2.05) is 0 Å². The fourth-order valence-electron chi connectivity index (χ4n) is 2.90. The third-order valence-corrected chi connectivity index (χ3v) is 6.24. The van der Waals surface area contributed by atoms with E-state index in [4.69, 9.17) is 4.42 Å². The van der Waals surface area contributed by atoms with Crippen molar-refractivity contribution < 1.29 is 30.8 Å². The first-order chi connectivity index (χ1) is 12.6. The number of furan rings is 1. The normalized spacial score (nSPS) is 16.5. The molecule has 1 aromatic carbocycles. The summed E-state index contributed by atoms with van der Waals surface area (Å²) in [4.78, 5) is 13.0. The van der Waals surface area contributed by atoms with Crippen LogP contribution in [0.1, 0.15) is 21.9 Å². The van der Waals surface area contributed by atoms with E-state index in [0.29, 0.717) is 5.76 Å². The molecule has 27 heavy (non-hydrogen) atoms. The van der Waals surface area contributed by atoms with Crippen LogP contribution in [0.2, 0.25) is 0 Å². The van der Waals surface area contributed by atoms with Crippen LogP contribution in [0.25, 0.3) is 0 Å². The van der Waals surface area contributed by atoms with Crippen molar-refractivity contribution in [2.75, 3.05) is 26.2 Å². The molecule has 0 unspecified atom stereocenters. The average molecular weight is 402 g/mol. The lowest BCUT2D eigenvalue weighted by Crippen LogP contribution is -2.50. The summed E-state index contributed by atoms with van der Waals surface area (Å²) in [5.74, 6) is 0.338. The van der Waals surface area contributed by atoms with Crippen LogP contribution in [0, 0.1) is 6.92 Å². The molecule has 1 amide bonds. The van der Waals surface area contributed by atoms with Crippen LogP contribution in [-0.4, -0.2) is 49.7 Å². The minimum atomic E-state index is -4.78. The molecule has 1 saturated heterocycles. The Bertz CT molecular complexity index is 945. The summed E-state index contributed by atoms with van der Waals surface area (Å²) in [6, 6.07) is 7.25. The zero-order valence-electron chi connectivity index (χ0n) is 14.4. The molecule has 0 N–H and O–H groups in total. The van der Waals surface area contributed by atoms with Gasteiger partial charge in [0.05, 0.1) is 10.5 Å². The van der Waals surface area contributed by atoms with Crippen LogP contribution in [0.3, 0.4) is 0 Å². The standard InChI is InChI=1S/C17H17F3N2O4S/c1-12-6-7-14(26-12)16(23)21-8-10-22(11-9-21)27(24,25)15-5-3-2-4-13(15)17(18,19)20/h2-7H,8-11H2,1H3. The van der Waals surface area contributed by atoms with Crippen LogP contribution in [-0.2, 0) is 16.2 Å². The second-order valence-corrected chi connectivity index (χ2v) is 8.01. The number of nitrogens with zero attached hydrogens (tertiary/aromatic N) is 2. The molecule has 10 heteroatoms. The Morgan fingerprint density at radius 1 is 1.04 bits per heavy atom. The molecule has 0 spiro atoms. The molecule has 2 heterocycles. The highest BCUT2D eigenvalue weighted by atomic mass is 32.2. The van der Waals surface area contributed by atoms with Gasteiger partial charge in [0.15, 0.2) is 5.76 Å². The maximum Gasteiger partial charge on any atom is 0.417 e. The number of alkyl halides is 3. The van der Waals surface area contributed by atoms with E-state index in [0.717, 1.165) is 22.5 Å². The van der Waals surface area contributed by atoms with Gasteiger partial charge in [0.25, 0.3) is 5.91 Å². The van der Waals surface area contributed by atoms with Gasteiger partial charge in [-0.05, 0) is 31.2 Å². The van der Waals surface area contributed by atoms with Crippen LogP contribution >= 0.6 is 0 Å². The lowest BCUT2D eigenvalue weighted by Gasteiger charge is -2.34. The number of piperazine rings is 1. The van der Waals surface area contributed by atoms with E-state index in [1.54, 1.807) is 13.0 Å². The number of hydrogen-bond donors (Lipinski definition) is 0. The maximum absolute atomic E-state index is 13.2. The SMILES string of the molecule is Cc1ccc(C(=O)N2CCN(S(=O)(=O)c3ccccc3C(F)(F)F)CC2)o1. The molecule has 0 bridgehead atoms. The molecule has 1 aliphatic heterocycles. The number of hydrogen-bond acceptors (Lipinski definition) is 4. The van der Waals surface area contributed by atoms with E-state index in [-0.39, 0.29) is 37.8 Å². The second-order valence-electron chi connectivity index (χ2n) is 6.10. The quantitative estimate of drug-likeness (QED) is 0.792. The molecule has 1 fully saturated rings. The van der Waals surface area contributed by atoms with E-state index in [1.165, 1.54) is 17.0 Å². The minimum absolute atomic E-state index is 0.0615. The Morgan fingerprint density at radius 3 is 2.22 bits per heavy atom. The maximum atomic E-state index is 13.2. The van der Waals surface area contributed by atoms with Gasteiger partial charge in [0.1, 0.15) is 5.76 Å². The Kier molecular flexibility index (Phi) is 5.04. The fourth-order valence-corrected chi connectivity index (χ4v) is 4.54. The van der Waals surface area contributed by atoms with Gasteiger partial charge in [0, 0.05) is 26.2 Å². The highest BCUT2D eigenvalue weighted by molar-refractivity contribution is 7.89. The van der Waals surface area contributed by atoms with Crippen molar-refractivity contribution in [3.8, 4) is 0 Å². The van der Waals surface area contributed by atoms with E-state index in [9.17, 15) is 26.4 Å². The second kappa shape index (κ2) is 7.01. The molecule has 0 atom stereocenters. The van der Waals surface area contributed by atoms with Gasteiger partial charge in [-0.3, -0.25) is 4.79 Å². The van der Waals surface area contributed by atoms with Gasteiger partial charge in [-0.1, -0.05) is 12.1 Å². The minimum Gasteiger partial charge on any atom is -0.456 e. The molecule has 3 rings (SSSR count). The van der Waals surface area contributed by atoms with Crippen molar-refractivity contribution in [3.63, 3.8) is 0 Å². The van der Waals surface area contributed by atoms with E-state index in [2.05, 4.69) is 0 Å². The molecule has 1 aliphatic rings. The number of benzene rings is 1. The third-order valence-electron chi connectivity index (χ3n) is 4.29. The lowest BCUT2D eigenvalue weighted by atomic mass is 10.2. The monoisotopic (exact) mass is 402 g/mol. The van der Waals surface area contributed by atoms with Gasteiger partial charge < -0.3 is 9.32 Å². The summed E-state index contributed by atoms with van der Waals surface area (Å²) in [5, 5.41) is 0. The van der Waals surface area contributed by atoms with Gasteiger partial charge >= 0.3 is 6.18 Å². The first-order valence-corrected chi connectivity index (χ1v) is 9.57. The summed E-state index contributed by atoms with van der Waals surface area (Å²) in [6.45, 7) is 1.62. The molecule has 0 radical (unpaired) electrons. The Labute approximate surface area is 154 Å². The molecule has 6 nitrogen and oxygen atoms in total. The van der Waals surface area contributed by atoms with Crippen molar-refractivity contribution in [1.82, 2.24) is 9.21 Å². The van der Waals surface area contributed by atoms with Crippen molar-refractivity contribution in [3.05, 3.63) is 53.5 Å². The van der Waals surface area contributed by atoms with E-state index >= 15 is 0 Å². The third kappa shape index (κ3) is 3.86. The van der Waals surface area contributed by atoms with Crippen LogP contribution in [0.5, 0.6) is 0 Å². The Morgan fingerprint density at radius 2 is 1.67 bits per heavy atom. The molecule has 0 saturated carbocycles. The van der Waals surface area contributed by atoms with Crippen molar-refractivity contribution >= 4 is 15.9 Å². The van der Waals surface area contributed by atoms with Gasteiger partial charge in [-0.15, -0.1) is 0 Å². The Balaban J connectivity index is 1.77. The number of rotatable bonds is 3. The zero-order valence-corrected chi connectivity index (χ0v) is 15.2. The summed E-state index contributed by atoms with van der Waals surface area (Å²) in [6.07, 6.45) is -4.78. The van der Waals surface area contributed by atoms with E-state index < -0.39 is 26.7 Å². The lowest BCUT2D eigenvalue weighted by molar-refractivity contribution is -0.139. The number of sulfonamides is 1.